The molecule has 0 aliphatic heterocycles. The number of nitrogens with two attached hydrogens (primary N) is 1. The van der Waals surface area contributed by atoms with Gasteiger partial charge < -0.3 is 10.2 Å². The first-order chi connectivity index (χ1) is 6.30. The Kier molecular flexibility index (Phi) is 2.12. The van der Waals surface area contributed by atoms with Crippen LogP contribution in [0.4, 0.5) is 0 Å². The van der Waals surface area contributed by atoms with E-state index in [1.165, 1.54) is 6.42 Å². The zero-order valence-electron chi connectivity index (χ0n) is 8.05. The Hall–Kier alpha value is -0.830. The summed E-state index contributed by atoms with van der Waals surface area (Å²) >= 11 is 0. The lowest BCUT2D eigenvalue weighted by molar-refractivity contribution is 0.199. The number of oxazole rings is 1. The number of rotatable bonds is 3. The minimum Gasteiger partial charge on any atom is -0.448 e. The fraction of sp³-hybridized carbons (Fsp3) is 0.700. The summed E-state index contributed by atoms with van der Waals surface area (Å²) in [6, 6.07) is 0. The molecule has 1 heterocycles. The third-order valence-corrected chi connectivity index (χ3v) is 3.07. The van der Waals surface area contributed by atoms with Crippen LogP contribution in [0.15, 0.2) is 10.7 Å². The van der Waals surface area contributed by atoms with Gasteiger partial charge in [-0.1, -0.05) is 13.3 Å². The van der Waals surface area contributed by atoms with E-state index in [1.807, 2.05) is 0 Å². The van der Waals surface area contributed by atoms with E-state index in [1.54, 1.807) is 6.26 Å². The van der Waals surface area contributed by atoms with Gasteiger partial charge in [-0.15, -0.1) is 0 Å². The van der Waals surface area contributed by atoms with Gasteiger partial charge in [-0.3, -0.25) is 0 Å². The van der Waals surface area contributed by atoms with Gasteiger partial charge in [0.2, 0.25) is 5.89 Å². The van der Waals surface area contributed by atoms with Gasteiger partial charge in [0, 0.05) is 6.54 Å². The second-order valence-corrected chi connectivity index (χ2v) is 3.84. The predicted molar refractivity (Wildman–Crippen MR) is 50.5 cm³/mol. The molecule has 1 aromatic rings. The van der Waals surface area contributed by atoms with E-state index in [-0.39, 0.29) is 5.41 Å². The molecular formula is C10H16N2O. The van der Waals surface area contributed by atoms with Crippen LogP contribution in [0.3, 0.4) is 0 Å². The molecule has 0 aromatic carbocycles. The van der Waals surface area contributed by atoms with Gasteiger partial charge in [0.25, 0.3) is 0 Å². The van der Waals surface area contributed by atoms with Crippen molar-refractivity contribution in [1.82, 2.24) is 4.98 Å². The highest BCUT2D eigenvalue weighted by Crippen LogP contribution is 2.42. The van der Waals surface area contributed by atoms with Crippen molar-refractivity contribution in [3.8, 4) is 0 Å². The van der Waals surface area contributed by atoms with Gasteiger partial charge in [-0.05, 0) is 19.3 Å². The average Bonchev–Trinajstić information content (AvgIpc) is 2.52. The van der Waals surface area contributed by atoms with Crippen molar-refractivity contribution in [3.05, 3.63) is 17.8 Å². The van der Waals surface area contributed by atoms with Gasteiger partial charge >= 0.3 is 0 Å². The van der Waals surface area contributed by atoms with Crippen molar-refractivity contribution in [2.24, 2.45) is 5.73 Å². The Balaban J connectivity index is 2.23. The van der Waals surface area contributed by atoms with Gasteiger partial charge in [-0.25, -0.2) is 4.98 Å². The molecule has 0 bridgehead atoms. The maximum Gasteiger partial charge on any atom is 0.201 e. The second-order valence-electron chi connectivity index (χ2n) is 3.84. The molecule has 72 valence electrons. The summed E-state index contributed by atoms with van der Waals surface area (Å²) < 4.78 is 5.46. The van der Waals surface area contributed by atoms with Crippen LogP contribution in [0.25, 0.3) is 0 Å². The molecule has 1 aliphatic rings. The number of nitrogens with zero attached hydrogens (tertiary/aromatic N) is 1. The number of aromatic nitrogens is 1. The average molecular weight is 180 g/mol. The van der Waals surface area contributed by atoms with Crippen molar-refractivity contribution < 1.29 is 4.42 Å². The van der Waals surface area contributed by atoms with Crippen molar-refractivity contribution in [2.75, 3.05) is 6.54 Å². The highest BCUT2D eigenvalue weighted by molar-refractivity contribution is 5.13. The first kappa shape index (κ1) is 8.75. The van der Waals surface area contributed by atoms with Crippen LogP contribution in [-0.2, 0) is 11.8 Å². The van der Waals surface area contributed by atoms with Crippen molar-refractivity contribution >= 4 is 0 Å². The van der Waals surface area contributed by atoms with E-state index in [0.717, 1.165) is 30.8 Å². The topological polar surface area (TPSA) is 52.0 Å². The first-order valence-corrected chi connectivity index (χ1v) is 4.96. The van der Waals surface area contributed by atoms with Crippen molar-refractivity contribution in [1.29, 1.82) is 0 Å². The molecule has 2 rings (SSSR count). The second kappa shape index (κ2) is 3.14. The maximum absolute atomic E-state index is 5.75. The molecule has 0 spiro atoms. The lowest BCUT2D eigenvalue weighted by atomic mass is 9.69. The van der Waals surface area contributed by atoms with E-state index < -0.39 is 0 Å². The Bertz CT molecular complexity index is 283. The summed E-state index contributed by atoms with van der Waals surface area (Å²) in [5.41, 5.74) is 6.87. The van der Waals surface area contributed by atoms with E-state index >= 15 is 0 Å². The molecule has 13 heavy (non-hydrogen) atoms. The summed E-state index contributed by atoms with van der Waals surface area (Å²) in [4.78, 5) is 4.45. The molecular weight excluding hydrogens is 164 g/mol. The molecule has 3 heteroatoms. The van der Waals surface area contributed by atoms with Gasteiger partial charge in [0.15, 0.2) is 0 Å². The third kappa shape index (κ3) is 1.27. The van der Waals surface area contributed by atoms with Crippen LogP contribution in [0, 0.1) is 0 Å². The summed E-state index contributed by atoms with van der Waals surface area (Å²) in [6.45, 7) is 2.74. The monoisotopic (exact) mass is 180 g/mol. The van der Waals surface area contributed by atoms with Gasteiger partial charge in [0.05, 0.1) is 11.1 Å². The van der Waals surface area contributed by atoms with E-state index in [9.17, 15) is 0 Å². The van der Waals surface area contributed by atoms with E-state index in [2.05, 4.69) is 11.9 Å². The molecule has 0 amide bonds. The van der Waals surface area contributed by atoms with Crippen LogP contribution >= 0.6 is 0 Å². The lowest BCUT2D eigenvalue weighted by Crippen LogP contribution is -2.41. The Morgan fingerprint density at radius 2 is 2.38 bits per heavy atom. The minimum absolute atomic E-state index is 0.0768. The molecule has 0 atom stereocenters. The van der Waals surface area contributed by atoms with Crippen molar-refractivity contribution in [2.45, 2.75) is 38.0 Å². The number of hydrogen-bond acceptors (Lipinski definition) is 3. The predicted octanol–water partition coefficient (Wildman–Crippen LogP) is 1.62. The smallest absolute Gasteiger partial charge is 0.201 e. The van der Waals surface area contributed by atoms with Crippen LogP contribution in [0.1, 0.15) is 37.8 Å². The summed E-state index contributed by atoms with van der Waals surface area (Å²) in [7, 11) is 0. The fourth-order valence-corrected chi connectivity index (χ4v) is 1.82. The quantitative estimate of drug-likeness (QED) is 0.769. The van der Waals surface area contributed by atoms with Crippen molar-refractivity contribution in [3.63, 3.8) is 0 Å². The zero-order valence-corrected chi connectivity index (χ0v) is 8.05. The standard InChI is InChI=1S/C10H16N2O/c1-2-8-6-13-9(12-8)10(7-11)4-3-5-10/h6H,2-5,7,11H2,1H3. The normalized spacial score (nSPS) is 19.8. The van der Waals surface area contributed by atoms with Crippen LogP contribution in [0.5, 0.6) is 0 Å². The third-order valence-electron chi connectivity index (χ3n) is 3.07. The molecule has 2 N–H and O–H groups in total. The van der Waals surface area contributed by atoms with E-state index in [0.29, 0.717) is 6.54 Å². The van der Waals surface area contributed by atoms with E-state index in [4.69, 9.17) is 10.2 Å². The highest BCUT2D eigenvalue weighted by atomic mass is 16.3. The Morgan fingerprint density at radius 1 is 1.62 bits per heavy atom. The zero-order chi connectivity index (χ0) is 9.31. The summed E-state index contributed by atoms with van der Waals surface area (Å²) in [6.07, 6.45) is 6.20. The fourth-order valence-electron chi connectivity index (χ4n) is 1.82. The maximum atomic E-state index is 5.75. The SMILES string of the molecule is CCc1coc(C2(CN)CCC2)n1. The molecule has 0 saturated heterocycles. The molecule has 1 fully saturated rings. The molecule has 1 aromatic heterocycles. The van der Waals surface area contributed by atoms with Crippen LogP contribution < -0.4 is 5.73 Å². The Morgan fingerprint density at radius 3 is 2.77 bits per heavy atom. The van der Waals surface area contributed by atoms with Gasteiger partial charge in [-0.2, -0.15) is 0 Å². The molecule has 1 aliphatic carbocycles. The molecule has 0 unspecified atom stereocenters. The Labute approximate surface area is 78.3 Å². The lowest BCUT2D eigenvalue weighted by Gasteiger charge is -2.37. The van der Waals surface area contributed by atoms with Crippen LogP contribution in [-0.4, -0.2) is 11.5 Å². The van der Waals surface area contributed by atoms with Gasteiger partial charge in [0.1, 0.15) is 6.26 Å². The highest BCUT2D eigenvalue weighted by Gasteiger charge is 2.41. The molecule has 0 radical (unpaired) electrons. The minimum atomic E-state index is 0.0768. The molecule has 1 saturated carbocycles. The summed E-state index contributed by atoms with van der Waals surface area (Å²) in [5.74, 6) is 0.859. The largest absolute Gasteiger partial charge is 0.448 e. The molecule has 3 nitrogen and oxygen atoms in total. The van der Waals surface area contributed by atoms with Crippen LogP contribution in [0.2, 0.25) is 0 Å². The number of hydrogen-bond donors (Lipinski definition) is 1. The number of aryl methyl sites for hydroxylation is 1. The summed E-state index contributed by atoms with van der Waals surface area (Å²) in [5, 5.41) is 0. The first-order valence-electron chi connectivity index (χ1n) is 4.96.